The number of benzene rings is 1. The lowest BCUT2D eigenvalue weighted by Gasteiger charge is -2.17. The smallest absolute Gasteiger partial charge is 0.269 e. The van der Waals surface area contributed by atoms with Crippen LogP contribution < -0.4 is 10.9 Å². The molecule has 8 nitrogen and oxygen atoms in total. The molecule has 1 aliphatic rings. The number of carbonyl (C=O) groups excluding carboxylic acids is 2. The first kappa shape index (κ1) is 22.8. The molecule has 0 fully saturated rings. The molecule has 0 radical (unpaired) electrons. The SMILES string of the molecule is CCc1nc2sc3c(c2c2nnc(SCC(=O)NNC(=O)c4ccc(C)cc4)n12)CCC(C)C3. The van der Waals surface area contributed by atoms with E-state index >= 15 is 0 Å². The van der Waals surface area contributed by atoms with Crippen molar-refractivity contribution in [1.82, 2.24) is 30.4 Å². The van der Waals surface area contributed by atoms with E-state index < -0.39 is 0 Å². The monoisotopic (exact) mass is 494 g/mol. The average Bonchev–Trinajstić information content (AvgIpc) is 3.41. The normalized spacial score (nSPS) is 15.4. The molecule has 1 aliphatic carbocycles. The molecule has 3 aromatic heterocycles. The second-order valence-corrected chi connectivity index (χ2v) is 10.7. The molecule has 3 heterocycles. The van der Waals surface area contributed by atoms with Crippen molar-refractivity contribution in [2.24, 2.45) is 5.92 Å². The van der Waals surface area contributed by atoms with E-state index in [0.29, 0.717) is 16.6 Å². The van der Waals surface area contributed by atoms with E-state index in [0.717, 1.165) is 46.5 Å². The molecule has 1 unspecified atom stereocenters. The van der Waals surface area contributed by atoms with Crippen molar-refractivity contribution in [3.63, 3.8) is 0 Å². The van der Waals surface area contributed by atoms with Crippen LogP contribution in [0.3, 0.4) is 0 Å². The van der Waals surface area contributed by atoms with Gasteiger partial charge in [0.2, 0.25) is 5.91 Å². The number of nitrogens with one attached hydrogen (secondary N) is 2. The van der Waals surface area contributed by atoms with Gasteiger partial charge in [0.25, 0.3) is 5.91 Å². The van der Waals surface area contributed by atoms with E-state index in [1.165, 1.54) is 28.6 Å². The van der Waals surface area contributed by atoms with Crippen LogP contribution >= 0.6 is 23.1 Å². The quantitative estimate of drug-likeness (QED) is 0.322. The van der Waals surface area contributed by atoms with Crippen LogP contribution in [0.1, 0.15) is 52.5 Å². The zero-order valence-electron chi connectivity index (χ0n) is 19.3. The highest BCUT2D eigenvalue weighted by atomic mass is 32.2. The number of thioether (sulfide) groups is 1. The summed E-state index contributed by atoms with van der Waals surface area (Å²) in [4.78, 5) is 32.0. The molecule has 0 saturated carbocycles. The number of amides is 2. The fourth-order valence-electron chi connectivity index (χ4n) is 4.28. The van der Waals surface area contributed by atoms with E-state index in [2.05, 4.69) is 34.9 Å². The van der Waals surface area contributed by atoms with Crippen molar-refractivity contribution < 1.29 is 9.59 Å². The van der Waals surface area contributed by atoms with Crippen LogP contribution in [0.4, 0.5) is 0 Å². The van der Waals surface area contributed by atoms with Crippen molar-refractivity contribution in [2.45, 2.75) is 51.6 Å². The second-order valence-electron chi connectivity index (χ2n) is 8.71. The third kappa shape index (κ3) is 4.27. The highest BCUT2D eigenvalue weighted by molar-refractivity contribution is 7.99. The molecule has 1 atom stereocenters. The summed E-state index contributed by atoms with van der Waals surface area (Å²) in [5.74, 6) is 0.986. The fraction of sp³-hybridized carbons (Fsp3) is 0.375. The number of hydrogen-bond donors (Lipinski definition) is 2. The Balaban J connectivity index is 1.33. The van der Waals surface area contributed by atoms with Crippen LogP contribution in [0.15, 0.2) is 29.4 Å². The minimum absolute atomic E-state index is 0.0927. The first-order chi connectivity index (χ1) is 16.4. The summed E-state index contributed by atoms with van der Waals surface area (Å²) in [6.07, 6.45) is 4.03. The van der Waals surface area contributed by atoms with Gasteiger partial charge in [0.05, 0.1) is 11.1 Å². The molecule has 4 aromatic rings. The number of hydrazine groups is 1. The molecule has 10 heteroatoms. The Morgan fingerprint density at radius 1 is 1.21 bits per heavy atom. The number of rotatable bonds is 5. The molecule has 0 spiro atoms. The minimum Gasteiger partial charge on any atom is -0.272 e. The fourth-order valence-corrected chi connectivity index (χ4v) is 6.43. The van der Waals surface area contributed by atoms with Gasteiger partial charge in [-0.25, -0.2) is 4.98 Å². The van der Waals surface area contributed by atoms with Crippen LogP contribution in [0.2, 0.25) is 0 Å². The van der Waals surface area contributed by atoms with Gasteiger partial charge in [-0.2, -0.15) is 0 Å². The summed E-state index contributed by atoms with van der Waals surface area (Å²) in [7, 11) is 0. The molecule has 34 heavy (non-hydrogen) atoms. The maximum absolute atomic E-state index is 12.4. The van der Waals surface area contributed by atoms with Crippen LogP contribution in [-0.4, -0.2) is 37.1 Å². The van der Waals surface area contributed by atoms with Crippen molar-refractivity contribution >= 4 is 50.8 Å². The number of fused-ring (bicyclic) bond motifs is 5. The van der Waals surface area contributed by atoms with Crippen LogP contribution in [-0.2, 0) is 24.1 Å². The van der Waals surface area contributed by atoms with Crippen molar-refractivity contribution in [2.75, 3.05) is 5.75 Å². The Kier molecular flexibility index (Phi) is 6.26. The zero-order valence-corrected chi connectivity index (χ0v) is 21.0. The minimum atomic E-state index is -0.359. The lowest BCUT2D eigenvalue weighted by Crippen LogP contribution is -2.42. The van der Waals surface area contributed by atoms with Gasteiger partial charge < -0.3 is 0 Å². The number of aryl methyl sites for hydroxylation is 3. The third-order valence-corrected chi connectivity index (χ3v) is 8.19. The third-order valence-electron chi connectivity index (χ3n) is 6.12. The summed E-state index contributed by atoms with van der Waals surface area (Å²) >= 11 is 3.06. The van der Waals surface area contributed by atoms with Gasteiger partial charge in [-0.1, -0.05) is 43.3 Å². The van der Waals surface area contributed by atoms with E-state index in [-0.39, 0.29) is 17.6 Å². The molecular formula is C24H26N6O2S2. The number of aromatic nitrogens is 4. The van der Waals surface area contributed by atoms with Gasteiger partial charge >= 0.3 is 0 Å². The van der Waals surface area contributed by atoms with Gasteiger partial charge in [-0.3, -0.25) is 24.8 Å². The second kappa shape index (κ2) is 9.34. The van der Waals surface area contributed by atoms with Crippen molar-refractivity contribution in [3.05, 3.63) is 51.7 Å². The predicted octanol–water partition coefficient (Wildman–Crippen LogP) is 3.89. The first-order valence-electron chi connectivity index (χ1n) is 11.4. The predicted molar refractivity (Wildman–Crippen MR) is 134 cm³/mol. The summed E-state index contributed by atoms with van der Waals surface area (Å²) in [5.41, 5.74) is 8.67. The molecular weight excluding hydrogens is 468 g/mol. The maximum atomic E-state index is 12.4. The van der Waals surface area contributed by atoms with E-state index in [1.54, 1.807) is 23.5 Å². The number of thiophene rings is 1. The zero-order chi connectivity index (χ0) is 23.8. The highest BCUT2D eigenvalue weighted by Crippen LogP contribution is 2.39. The molecule has 1 aromatic carbocycles. The summed E-state index contributed by atoms with van der Waals surface area (Å²) in [6, 6.07) is 7.14. The summed E-state index contributed by atoms with van der Waals surface area (Å²) in [5, 5.41) is 10.6. The Morgan fingerprint density at radius 2 is 2.00 bits per heavy atom. The van der Waals surface area contributed by atoms with Gasteiger partial charge in [-0.05, 0) is 49.8 Å². The first-order valence-corrected chi connectivity index (χ1v) is 13.2. The van der Waals surface area contributed by atoms with Gasteiger partial charge in [-0.15, -0.1) is 21.5 Å². The molecule has 176 valence electrons. The molecule has 2 amide bonds. The lowest BCUT2D eigenvalue weighted by atomic mass is 9.89. The molecule has 5 rings (SSSR count). The van der Waals surface area contributed by atoms with Crippen LogP contribution in [0.25, 0.3) is 15.9 Å². The number of nitrogens with zero attached hydrogens (tertiary/aromatic N) is 4. The summed E-state index contributed by atoms with van der Waals surface area (Å²) < 4.78 is 1.98. The van der Waals surface area contributed by atoms with Gasteiger partial charge in [0, 0.05) is 16.9 Å². The number of carbonyl (C=O) groups is 2. The van der Waals surface area contributed by atoms with Crippen molar-refractivity contribution in [3.8, 4) is 0 Å². The van der Waals surface area contributed by atoms with Gasteiger partial charge in [0.1, 0.15) is 10.7 Å². The van der Waals surface area contributed by atoms with E-state index in [4.69, 9.17) is 4.98 Å². The summed E-state index contributed by atoms with van der Waals surface area (Å²) in [6.45, 7) is 6.31. The highest BCUT2D eigenvalue weighted by Gasteiger charge is 2.25. The van der Waals surface area contributed by atoms with E-state index in [9.17, 15) is 9.59 Å². The number of hydrogen-bond acceptors (Lipinski definition) is 7. The molecule has 0 aliphatic heterocycles. The largest absolute Gasteiger partial charge is 0.272 e. The average molecular weight is 495 g/mol. The van der Waals surface area contributed by atoms with E-state index in [1.807, 2.05) is 23.5 Å². The van der Waals surface area contributed by atoms with Crippen LogP contribution in [0.5, 0.6) is 0 Å². The Hall–Kier alpha value is -2.98. The Morgan fingerprint density at radius 3 is 2.76 bits per heavy atom. The standard InChI is InChI=1S/C24H26N6O2S2/c1-4-18-25-23-20(16-10-7-14(3)11-17(16)34-23)21-27-29-24(30(18)21)33-12-19(31)26-28-22(32)15-8-5-13(2)6-9-15/h5-6,8-9,14H,4,7,10-12H2,1-3H3,(H,26,31)(H,28,32). The Bertz CT molecular complexity index is 1390. The topological polar surface area (TPSA) is 101 Å². The molecule has 2 N–H and O–H groups in total. The van der Waals surface area contributed by atoms with Gasteiger partial charge in [0.15, 0.2) is 10.8 Å². The molecule has 0 saturated heterocycles. The lowest BCUT2D eigenvalue weighted by molar-refractivity contribution is -0.119. The Labute approximate surface area is 205 Å². The van der Waals surface area contributed by atoms with Crippen molar-refractivity contribution in [1.29, 1.82) is 0 Å². The maximum Gasteiger partial charge on any atom is 0.269 e. The molecule has 0 bridgehead atoms. The van der Waals surface area contributed by atoms with Crippen LogP contribution in [0, 0.1) is 12.8 Å².